The molecule has 140 valence electrons. The van der Waals surface area contributed by atoms with E-state index in [0.717, 1.165) is 24.5 Å². The van der Waals surface area contributed by atoms with Crippen LogP contribution in [0, 0.1) is 5.82 Å². The first-order valence-corrected chi connectivity index (χ1v) is 9.96. The molecule has 0 aliphatic carbocycles. The van der Waals surface area contributed by atoms with Gasteiger partial charge in [0, 0.05) is 36.6 Å². The van der Waals surface area contributed by atoms with E-state index in [4.69, 9.17) is 0 Å². The van der Waals surface area contributed by atoms with Crippen molar-refractivity contribution in [3.63, 3.8) is 0 Å². The van der Waals surface area contributed by atoms with Crippen molar-refractivity contribution < 1.29 is 22.7 Å². The number of aliphatic hydroxyl groups excluding tert-OH is 1. The number of aryl methyl sites for hydroxylation is 1. The lowest BCUT2D eigenvalue weighted by atomic mass is 10.2. The van der Waals surface area contributed by atoms with Gasteiger partial charge in [-0.1, -0.05) is 0 Å². The fourth-order valence-corrected chi connectivity index (χ4v) is 5.25. The molecule has 1 amide bonds. The molecule has 0 unspecified atom stereocenters. The minimum absolute atomic E-state index is 0.0713. The van der Waals surface area contributed by atoms with Crippen LogP contribution in [0.2, 0.25) is 0 Å². The van der Waals surface area contributed by atoms with E-state index in [2.05, 4.69) is 10.3 Å². The van der Waals surface area contributed by atoms with Crippen LogP contribution in [0.3, 0.4) is 0 Å². The predicted molar refractivity (Wildman–Crippen MR) is 98.1 cm³/mol. The van der Waals surface area contributed by atoms with Gasteiger partial charge < -0.3 is 9.67 Å². The molecule has 27 heavy (non-hydrogen) atoms. The first kappa shape index (κ1) is 17.5. The molecule has 11 heteroatoms. The van der Waals surface area contributed by atoms with E-state index in [0.29, 0.717) is 9.82 Å². The maximum absolute atomic E-state index is 13.7. The quantitative estimate of drug-likeness (QED) is 0.677. The number of nitrogens with zero attached hydrogens (tertiary/aromatic N) is 3. The van der Waals surface area contributed by atoms with Gasteiger partial charge in [0.05, 0.1) is 0 Å². The van der Waals surface area contributed by atoms with Crippen LogP contribution in [-0.2, 0) is 21.9 Å². The van der Waals surface area contributed by atoms with Gasteiger partial charge in [0.2, 0.25) is 0 Å². The molecule has 3 heterocycles. The average Bonchev–Trinajstić information content (AvgIpc) is 3.20. The Balaban J connectivity index is 1.99. The van der Waals surface area contributed by atoms with Crippen molar-refractivity contribution in [1.82, 2.24) is 13.9 Å². The van der Waals surface area contributed by atoms with Crippen molar-refractivity contribution in [2.75, 3.05) is 12.4 Å². The molecule has 0 bridgehead atoms. The number of carbonyl (C=O) groups excluding carboxylic acids is 1. The van der Waals surface area contributed by atoms with E-state index in [9.17, 15) is 22.7 Å². The lowest BCUT2D eigenvalue weighted by Gasteiger charge is -2.27. The van der Waals surface area contributed by atoms with Crippen molar-refractivity contribution in [3.8, 4) is 0 Å². The van der Waals surface area contributed by atoms with Gasteiger partial charge in [-0.2, -0.15) is 0 Å². The van der Waals surface area contributed by atoms with Crippen LogP contribution >= 0.6 is 11.3 Å². The summed E-state index contributed by atoms with van der Waals surface area (Å²) >= 11 is 1.15. The number of halogens is 1. The second-order valence-corrected chi connectivity index (χ2v) is 8.66. The number of likely N-dealkylation sites (N-methyl/N-ethyl adjacent to an activating group) is 1. The van der Waals surface area contributed by atoms with Crippen LogP contribution in [-0.4, -0.2) is 40.3 Å². The summed E-state index contributed by atoms with van der Waals surface area (Å²) in [5.41, 5.74) is -0.103. The third-order valence-electron chi connectivity index (χ3n) is 4.36. The number of thiazole rings is 1. The molecule has 2 N–H and O–H groups in total. The Labute approximate surface area is 157 Å². The number of nitrogens with one attached hydrogen (secondary N) is 1. The number of hydrogen-bond donors (Lipinski definition) is 2. The SMILES string of the molecule is CN1C(C(=O)Nc2nccs2)=C(O)c2c(c3cc(F)ccc3n2C)S1(=O)=O. The highest BCUT2D eigenvalue weighted by Crippen LogP contribution is 2.41. The number of anilines is 1. The first-order valence-electron chi connectivity index (χ1n) is 7.64. The number of benzene rings is 1. The summed E-state index contributed by atoms with van der Waals surface area (Å²) in [5.74, 6) is -1.95. The molecular weight excluding hydrogens is 395 g/mol. The molecule has 2 aromatic heterocycles. The van der Waals surface area contributed by atoms with E-state index < -0.39 is 33.2 Å². The highest BCUT2D eigenvalue weighted by Gasteiger charge is 2.42. The van der Waals surface area contributed by atoms with Crippen LogP contribution < -0.4 is 5.32 Å². The Morgan fingerprint density at radius 2 is 2.07 bits per heavy atom. The summed E-state index contributed by atoms with van der Waals surface area (Å²) in [4.78, 5) is 16.3. The molecular formula is C16H13FN4O4S2. The zero-order valence-electron chi connectivity index (χ0n) is 14.1. The topological polar surface area (TPSA) is 105 Å². The number of fused-ring (bicyclic) bond motifs is 3. The molecule has 1 aliphatic rings. The van der Waals surface area contributed by atoms with Crippen molar-refractivity contribution in [3.05, 3.63) is 47.0 Å². The molecule has 1 aromatic carbocycles. The zero-order chi connectivity index (χ0) is 19.5. The van der Waals surface area contributed by atoms with E-state index in [1.54, 1.807) is 5.38 Å². The Morgan fingerprint density at radius 3 is 2.74 bits per heavy atom. The van der Waals surface area contributed by atoms with Crippen molar-refractivity contribution >= 4 is 49.1 Å². The molecule has 0 saturated heterocycles. The summed E-state index contributed by atoms with van der Waals surface area (Å²) in [6.07, 6.45) is 1.48. The molecule has 0 spiro atoms. The molecule has 1 aliphatic heterocycles. The number of aromatic nitrogens is 2. The van der Waals surface area contributed by atoms with Gasteiger partial charge in [-0.3, -0.25) is 14.4 Å². The van der Waals surface area contributed by atoms with E-state index in [1.807, 2.05) is 0 Å². The highest BCUT2D eigenvalue weighted by atomic mass is 32.2. The number of sulfonamides is 1. The van der Waals surface area contributed by atoms with Crippen molar-refractivity contribution in [1.29, 1.82) is 0 Å². The lowest BCUT2D eigenvalue weighted by molar-refractivity contribution is -0.113. The van der Waals surface area contributed by atoms with Gasteiger partial charge in [0.25, 0.3) is 15.9 Å². The number of rotatable bonds is 2. The third-order valence-corrected chi connectivity index (χ3v) is 6.89. The van der Waals surface area contributed by atoms with Crippen LogP contribution in [0.15, 0.2) is 40.4 Å². The number of aliphatic hydroxyl groups is 1. The maximum Gasteiger partial charge on any atom is 0.278 e. The first-order chi connectivity index (χ1) is 12.7. The monoisotopic (exact) mass is 408 g/mol. The fourth-order valence-electron chi connectivity index (χ4n) is 3.12. The standard InChI is InChI=1S/C16H13FN4O4S2/c1-20-10-4-3-8(17)7-9(10)14-11(20)13(22)12(21(2)27(14,24)25)15(23)19-16-18-5-6-26-16/h3-7,22H,1-2H3,(H,18,19,23). The van der Waals surface area contributed by atoms with Crippen LogP contribution in [0.25, 0.3) is 16.7 Å². The van der Waals surface area contributed by atoms with Crippen molar-refractivity contribution in [2.45, 2.75) is 4.90 Å². The van der Waals surface area contributed by atoms with Gasteiger partial charge in [-0.15, -0.1) is 11.3 Å². The smallest absolute Gasteiger partial charge is 0.278 e. The molecule has 0 fully saturated rings. The third kappa shape index (κ3) is 2.42. The summed E-state index contributed by atoms with van der Waals surface area (Å²) in [6, 6.07) is 3.70. The highest BCUT2D eigenvalue weighted by molar-refractivity contribution is 7.89. The zero-order valence-corrected chi connectivity index (χ0v) is 15.7. The Kier molecular flexibility index (Phi) is 3.75. The average molecular weight is 408 g/mol. The van der Waals surface area contributed by atoms with Crippen LogP contribution in [0.1, 0.15) is 5.69 Å². The Morgan fingerprint density at radius 1 is 1.33 bits per heavy atom. The van der Waals surface area contributed by atoms with Gasteiger partial charge in [0.15, 0.2) is 16.6 Å². The van der Waals surface area contributed by atoms with Gasteiger partial charge in [-0.05, 0) is 18.2 Å². The molecule has 0 atom stereocenters. The Hall–Kier alpha value is -2.92. The van der Waals surface area contributed by atoms with Crippen molar-refractivity contribution in [2.24, 2.45) is 7.05 Å². The normalized spacial score (nSPS) is 15.9. The number of carbonyl (C=O) groups is 1. The second-order valence-electron chi connectivity index (χ2n) is 5.86. The molecule has 4 rings (SSSR count). The summed E-state index contributed by atoms with van der Waals surface area (Å²) in [6.45, 7) is 0. The lowest BCUT2D eigenvalue weighted by Crippen LogP contribution is -2.37. The molecule has 8 nitrogen and oxygen atoms in total. The second kappa shape index (κ2) is 5.79. The van der Waals surface area contributed by atoms with Gasteiger partial charge >= 0.3 is 0 Å². The van der Waals surface area contributed by atoms with E-state index >= 15 is 0 Å². The Bertz CT molecular complexity index is 1230. The molecule has 0 saturated carbocycles. The summed E-state index contributed by atoms with van der Waals surface area (Å²) < 4.78 is 41.9. The predicted octanol–water partition coefficient (Wildman–Crippen LogP) is 2.27. The van der Waals surface area contributed by atoms with Crippen LogP contribution in [0.4, 0.5) is 9.52 Å². The number of hydrogen-bond acceptors (Lipinski definition) is 6. The maximum atomic E-state index is 13.7. The minimum Gasteiger partial charge on any atom is -0.504 e. The van der Waals surface area contributed by atoms with E-state index in [1.165, 1.54) is 29.9 Å². The fraction of sp³-hybridized carbons (Fsp3) is 0.125. The van der Waals surface area contributed by atoms with Crippen LogP contribution in [0.5, 0.6) is 0 Å². The molecule has 0 radical (unpaired) electrons. The molecule has 3 aromatic rings. The number of amides is 1. The van der Waals surface area contributed by atoms with Gasteiger partial charge in [-0.25, -0.2) is 17.8 Å². The largest absolute Gasteiger partial charge is 0.504 e. The summed E-state index contributed by atoms with van der Waals surface area (Å²) in [7, 11) is -1.51. The van der Waals surface area contributed by atoms with Gasteiger partial charge in [0.1, 0.15) is 16.4 Å². The summed E-state index contributed by atoms with van der Waals surface area (Å²) in [5, 5.41) is 15.2. The van der Waals surface area contributed by atoms with E-state index in [-0.39, 0.29) is 21.1 Å². The minimum atomic E-state index is -4.20.